The second kappa shape index (κ2) is 11.5. The molecule has 5 rings (SSSR count). The summed E-state index contributed by atoms with van der Waals surface area (Å²) < 4.78 is 6.34. The van der Waals surface area contributed by atoms with E-state index in [4.69, 9.17) is 9.57 Å². The summed E-state index contributed by atoms with van der Waals surface area (Å²) in [5.41, 5.74) is 3.62. The largest absolute Gasteiger partial charge is 0.461 e. The van der Waals surface area contributed by atoms with Gasteiger partial charge < -0.3 is 14.6 Å². The monoisotopic (exact) mass is 566 g/mol. The fraction of sp³-hybridized carbons (Fsp3) is 0.125. The number of carbonyl (C=O) groups excluding carboxylic acids is 1. The van der Waals surface area contributed by atoms with Gasteiger partial charge in [0.25, 0.3) is 0 Å². The number of carbonyl (C=O) groups is 1. The van der Waals surface area contributed by atoms with Crippen LogP contribution in [0.3, 0.4) is 0 Å². The molecule has 0 aliphatic carbocycles. The van der Waals surface area contributed by atoms with Gasteiger partial charge in [0.15, 0.2) is 5.71 Å². The van der Waals surface area contributed by atoms with Crippen LogP contribution < -0.4 is 0 Å². The van der Waals surface area contributed by atoms with E-state index in [0.29, 0.717) is 0 Å². The number of fused-ring (bicyclic) bond motifs is 1. The number of nitrogens with one attached hydrogen (secondary N) is 1. The van der Waals surface area contributed by atoms with Crippen molar-refractivity contribution in [3.05, 3.63) is 142 Å². The third-order valence-electron chi connectivity index (χ3n) is 6.44. The topological polar surface area (TPSA) is 63.7 Å². The van der Waals surface area contributed by atoms with E-state index in [9.17, 15) is 4.79 Å². The van der Waals surface area contributed by atoms with Gasteiger partial charge in [0, 0.05) is 44.7 Å². The van der Waals surface area contributed by atoms with Crippen LogP contribution in [0.5, 0.6) is 0 Å². The number of benzene rings is 4. The zero-order valence-electron chi connectivity index (χ0n) is 20.9. The summed E-state index contributed by atoms with van der Waals surface area (Å²) in [5, 5.41) is 5.56. The van der Waals surface area contributed by atoms with E-state index in [1.54, 1.807) is 6.92 Å². The van der Waals surface area contributed by atoms with Crippen molar-refractivity contribution in [3.8, 4) is 0 Å². The molecule has 5 aromatic rings. The Bertz CT molecular complexity index is 1450. The minimum Gasteiger partial charge on any atom is -0.461 e. The molecule has 0 bridgehead atoms. The minimum atomic E-state index is -1.09. The van der Waals surface area contributed by atoms with Gasteiger partial charge in [-0.1, -0.05) is 118 Å². The Morgan fingerprint density at radius 1 is 0.816 bits per heavy atom. The lowest BCUT2D eigenvalue weighted by Gasteiger charge is -2.33. The molecule has 1 heterocycles. The number of rotatable bonds is 9. The van der Waals surface area contributed by atoms with Gasteiger partial charge in [0.2, 0.25) is 5.60 Å². The Hall–Kier alpha value is -4.16. The number of aromatic nitrogens is 1. The molecular weight excluding hydrogens is 540 g/mol. The first kappa shape index (κ1) is 25.5. The first-order valence-corrected chi connectivity index (χ1v) is 13.3. The van der Waals surface area contributed by atoms with Crippen LogP contribution in [0.1, 0.15) is 29.2 Å². The maximum absolute atomic E-state index is 13.2. The number of halogens is 1. The molecular formula is C32H27BrN2O3. The van der Waals surface area contributed by atoms with E-state index in [0.717, 1.165) is 37.6 Å². The smallest absolute Gasteiger partial charge is 0.356 e. The quantitative estimate of drug-likeness (QED) is 0.0874. The van der Waals surface area contributed by atoms with E-state index < -0.39 is 11.6 Å². The highest BCUT2D eigenvalue weighted by molar-refractivity contribution is 9.10. The van der Waals surface area contributed by atoms with Crippen molar-refractivity contribution < 1.29 is 14.4 Å². The van der Waals surface area contributed by atoms with E-state index in [1.807, 2.05) is 115 Å². The van der Waals surface area contributed by atoms with Crippen LogP contribution in [0.4, 0.5) is 0 Å². The van der Waals surface area contributed by atoms with E-state index in [-0.39, 0.29) is 18.7 Å². The van der Waals surface area contributed by atoms with Gasteiger partial charge in [0.05, 0.1) is 6.61 Å². The molecule has 0 saturated carbocycles. The van der Waals surface area contributed by atoms with Crippen LogP contribution in [-0.4, -0.2) is 23.3 Å². The van der Waals surface area contributed by atoms with Gasteiger partial charge in [-0.3, -0.25) is 0 Å². The van der Waals surface area contributed by atoms with Gasteiger partial charge in [-0.2, -0.15) is 0 Å². The van der Waals surface area contributed by atoms with Crippen LogP contribution in [0.15, 0.2) is 125 Å². The highest BCUT2D eigenvalue weighted by Crippen LogP contribution is 2.40. The molecule has 6 heteroatoms. The SMILES string of the molecule is CCOC(=O)/C(Cc1c[nH]c2cccc(Br)c12)=N/OC(c1ccccc1)(c1ccccc1)c1ccccc1. The summed E-state index contributed by atoms with van der Waals surface area (Å²) in [7, 11) is 0. The molecule has 1 aromatic heterocycles. The van der Waals surface area contributed by atoms with Crippen molar-refractivity contribution in [3.63, 3.8) is 0 Å². The Balaban J connectivity index is 1.66. The zero-order valence-corrected chi connectivity index (χ0v) is 22.5. The van der Waals surface area contributed by atoms with Crippen LogP contribution >= 0.6 is 15.9 Å². The first-order chi connectivity index (χ1) is 18.6. The number of H-pyrrole nitrogens is 1. The number of hydrogen-bond acceptors (Lipinski definition) is 4. The normalized spacial score (nSPS) is 11.9. The summed E-state index contributed by atoms with van der Waals surface area (Å²) in [6, 6.07) is 35.7. The Morgan fingerprint density at radius 2 is 1.37 bits per heavy atom. The lowest BCUT2D eigenvalue weighted by molar-refractivity contribution is -0.135. The van der Waals surface area contributed by atoms with E-state index in [1.165, 1.54) is 0 Å². The van der Waals surface area contributed by atoms with Crippen LogP contribution in [0, 0.1) is 0 Å². The van der Waals surface area contributed by atoms with Crippen molar-refractivity contribution in [2.75, 3.05) is 6.61 Å². The minimum absolute atomic E-state index is 0.177. The Kier molecular flexibility index (Phi) is 7.70. The number of esters is 1. The maximum atomic E-state index is 13.2. The molecule has 0 unspecified atom stereocenters. The molecule has 190 valence electrons. The second-order valence-electron chi connectivity index (χ2n) is 8.78. The third-order valence-corrected chi connectivity index (χ3v) is 7.10. The van der Waals surface area contributed by atoms with Gasteiger partial charge >= 0.3 is 5.97 Å². The summed E-state index contributed by atoms with van der Waals surface area (Å²) in [6.45, 7) is 2.01. The molecule has 0 radical (unpaired) electrons. The number of aromatic amines is 1. The van der Waals surface area contributed by atoms with Gasteiger partial charge in [0.1, 0.15) is 0 Å². The maximum Gasteiger partial charge on any atom is 0.356 e. The summed E-state index contributed by atoms with van der Waals surface area (Å²) in [4.78, 5) is 23.0. The molecule has 0 amide bonds. The highest BCUT2D eigenvalue weighted by Gasteiger charge is 2.40. The fourth-order valence-electron chi connectivity index (χ4n) is 4.68. The first-order valence-electron chi connectivity index (χ1n) is 12.5. The zero-order chi connectivity index (χ0) is 26.4. The molecule has 1 N–H and O–H groups in total. The molecule has 4 aromatic carbocycles. The van der Waals surface area contributed by atoms with Crippen LogP contribution in [0.25, 0.3) is 10.9 Å². The van der Waals surface area contributed by atoms with Crippen molar-refractivity contribution in [1.29, 1.82) is 0 Å². The number of nitrogens with zero attached hydrogens (tertiary/aromatic N) is 1. The average Bonchev–Trinajstić information content (AvgIpc) is 3.38. The van der Waals surface area contributed by atoms with Crippen molar-refractivity contribution in [1.82, 2.24) is 4.98 Å². The standard InChI is InChI=1S/C32H27BrN2O3/c1-2-37-31(36)29(21-23-22-34-28-20-12-19-27(33)30(23)28)35-38-32(24-13-6-3-7-14-24,25-15-8-4-9-16-25)26-17-10-5-11-18-26/h3-20,22,34H,2,21H2,1H3/b35-29+. The molecule has 0 atom stereocenters. The van der Waals surface area contributed by atoms with Crippen molar-refractivity contribution in [2.45, 2.75) is 18.9 Å². The van der Waals surface area contributed by atoms with Crippen molar-refractivity contribution in [2.24, 2.45) is 5.16 Å². The Morgan fingerprint density at radius 3 is 1.89 bits per heavy atom. The summed E-state index contributed by atoms with van der Waals surface area (Å²) >= 11 is 3.64. The lowest BCUT2D eigenvalue weighted by Crippen LogP contribution is -2.32. The molecule has 0 spiro atoms. The third kappa shape index (κ3) is 5.00. The van der Waals surface area contributed by atoms with E-state index >= 15 is 0 Å². The lowest BCUT2D eigenvalue weighted by atomic mass is 9.80. The molecule has 38 heavy (non-hydrogen) atoms. The number of hydrogen-bond donors (Lipinski definition) is 1. The summed E-state index contributed by atoms with van der Waals surface area (Å²) in [5.74, 6) is -0.517. The Labute approximate surface area is 230 Å². The fourth-order valence-corrected chi connectivity index (χ4v) is 5.30. The molecule has 5 nitrogen and oxygen atoms in total. The van der Waals surface area contributed by atoms with Crippen LogP contribution in [0.2, 0.25) is 0 Å². The predicted molar refractivity (Wildman–Crippen MR) is 154 cm³/mol. The molecule has 0 saturated heterocycles. The molecule has 0 aliphatic rings. The highest BCUT2D eigenvalue weighted by atomic mass is 79.9. The van der Waals surface area contributed by atoms with E-state index in [2.05, 4.69) is 26.1 Å². The average molecular weight is 567 g/mol. The van der Waals surface area contributed by atoms with Gasteiger partial charge in [-0.25, -0.2) is 4.79 Å². The van der Waals surface area contributed by atoms with Crippen molar-refractivity contribution >= 4 is 38.5 Å². The molecule has 0 aliphatic heterocycles. The number of oxime groups is 1. The second-order valence-corrected chi connectivity index (χ2v) is 9.64. The van der Waals surface area contributed by atoms with Gasteiger partial charge in [-0.15, -0.1) is 0 Å². The van der Waals surface area contributed by atoms with Crippen LogP contribution in [-0.2, 0) is 26.4 Å². The number of ether oxygens (including phenoxy) is 1. The predicted octanol–water partition coefficient (Wildman–Crippen LogP) is 7.40. The summed E-state index contributed by atoms with van der Waals surface area (Å²) in [6.07, 6.45) is 2.12. The van der Waals surface area contributed by atoms with Gasteiger partial charge in [-0.05, 0) is 24.6 Å². The molecule has 0 fully saturated rings.